The quantitative estimate of drug-likeness (QED) is 0.344. The topological polar surface area (TPSA) is 72.9 Å². The largest absolute Gasteiger partial charge is 0.434 e. The van der Waals surface area contributed by atoms with Crippen molar-refractivity contribution in [1.82, 2.24) is 25.4 Å². The Kier molecular flexibility index (Phi) is 8.30. The van der Waals surface area contributed by atoms with Crippen LogP contribution in [0.25, 0.3) is 0 Å². The average molecular weight is 532 g/mol. The summed E-state index contributed by atoms with van der Waals surface area (Å²) in [6.45, 7) is 3.44. The average Bonchev–Trinajstić information content (AvgIpc) is 3.28. The Morgan fingerprint density at radius 1 is 1.32 bits per heavy atom. The fourth-order valence-corrected chi connectivity index (χ4v) is 3.57. The minimum absolute atomic E-state index is 0. The van der Waals surface area contributed by atoms with Crippen LogP contribution in [-0.4, -0.2) is 72.5 Å². The van der Waals surface area contributed by atoms with E-state index >= 15 is 0 Å². The molecule has 158 valence electrons. The van der Waals surface area contributed by atoms with E-state index in [-0.39, 0.29) is 36.4 Å². The Labute approximate surface area is 182 Å². The molecule has 2 fully saturated rings. The van der Waals surface area contributed by atoms with Gasteiger partial charge in [0.05, 0.1) is 13.1 Å². The summed E-state index contributed by atoms with van der Waals surface area (Å²) < 4.78 is 37.8. The predicted octanol–water partition coefficient (Wildman–Crippen LogP) is 1.75. The lowest BCUT2D eigenvalue weighted by Gasteiger charge is -2.36. The monoisotopic (exact) mass is 532 g/mol. The van der Waals surface area contributed by atoms with Crippen LogP contribution >= 0.6 is 35.3 Å². The number of nitrogens with one attached hydrogen (secondary N) is 2. The SMILES string of the molecule is CN=C(NCc1nc(C(F)(F)F)cs1)N1CCN(CC(=O)NC2CC2)CC1.I. The second-order valence-electron chi connectivity index (χ2n) is 6.63. The fourth-order valence-electron chi connectivity index (χ4n) is 2.83. The normalized spacial score (nSPS) is 18.6. The van der Waals surface area contributed by atoms with Crippen molar-refractivity contribution in [2.45, 2.75) is 31.6 Å². The van der Waals surface area contributed by atoms with Crippen LogP contribution in [0, 0.1) is 0 Å². The third kappa shape index (κ3) is 6.72. The first-order valence-electron chi connectivity index (χ1n) is 8.84. The van der Waals surface area contributed by atoms with E-state index in [2.05, 4.69) is 25.5 Å². The number of hydrogen-bond acceptors (Lipinski definition) is 5. The van der Waals surface area contributed by atoms with Gasteiger partial charge in [0.15, 0.2) is 11.7 Å². The fraction of sp³-hybridized carbons (Fsp3) is 0.688. The zero-order chi connectivity index (χ0) is 19.4. The lowest BCUT2D eigenvalue weighted by molar-refractivity contribution is -0.140. The number of hydrogen-bond donors (Lipinski definition) is 2. The molecule has 1 aromatic rings. The third-order valence-corrected chi connectivity index (χ3v) is 5.28. The molecule has 2 N–H and O–H groups in total. The van der Waals surface area contributed by atoms with Crippen molar-refractivity contribution in [3.63, 3.8) is 0 Å². The first-order valence-corrected chi connectivity index (χ1v) is 9.72. The van der Waals surface area contributed by atoms with E-state index in [0.29, 0.717) is 36.6 Å². The maximum atomic E-state index is 12.6. The smallest absolute Gasteiger partial charge is 0.352 e. The molecule has 12 heteroatoms. The molecule has 7 nitrogen and oxygen atoms in total. The molecule has 0 atom stereocenters. The van der Waals surface area contributed by atoms with Crippen molar-refractivity contribution >= 4 is 47.2 Å². The molecule has 0 aromatic carbocycles. The molecule has 1 aliphatic heterocycles. The molecular weight excluding hydrogens is 508 g/mol. The van der Waals surface area contributed by atoms with Gasteiger partial charge in [-0.05, 0) is 12.8 Å². The van der Waals surface area contributed by atoms with Gasteiger partial charge >= 0.3 is 6.18 Å². The number of halogens is 4. The molecule has 0 radical (unpaired) electrons. The van der Waals surface area contributed by atoms with Crippen molar-refractivity contribution in [3.05, 3.63) is 16.1 Å². The zero-order valence-corrected chi connectivity index (χ0v) is 18.6. The summed E-state index contributed by atoms with van der Waals surface area (Å²) in [5, 5.41) is 7.43. The summed E-state index contributed by atoms with van der Waals surface area (Å²) in [6.07, 6.45) is -2.27. The van der Waals surface area contributed by atoms with E-state index in [1.807, 2.05) is 4.90 Å². The second kappa shape index (κ2) is 10.1. The molecule has 0 bridgehead atoms. The summed E-state index contributed by atoms with van der Waals surface area (Å²) >= 11 is 0.973. The first kappa shape index (κ1) is 23.1. The molecule has 2 heterocycles. The van der Waals surface area contributed by atoms with Crippen LogP contribution in [0.2, 0.25) is 0 Å². The Hall–Kier alpha value is -1.15. The lowest BCUT2D eigenvalue weighted by Crippen LogP contribution is -2.54. The summed E-state index contributed by atoms with van der Waals surface area (Å²) in [6, 6.07) is 0.366. The first-order chi connectivity index (χ1) is 12.8. The highest BCUT2D eigenvalue weighted by Crippen LogP contribution is 2.29. The van der Waals surface area contributed by atoms with Crippen molar-refractivity contribution in [2.75, 3.05) is 39.8 Å². The van der Waals surface area contributed by atoms with E-state index in [0.717, 1.165) is 42.6 Å². The molecule has 1 saturated carbocycles. The van der Waals surface area contributed by atoms with Gasteiger partial charge in [0.25, 0.3) is 0 Å². The number of guanidine groups is 1. The van der Waals surface area contributed by atoms with Crippen LogP contribution in [0.15, 0.2) is 10.4 Å². The minimum atomic E-state index is -4.42. The second-order valence-corrected chi connectivity index (χ2v) is 7.57. The van der Waals surface area contributed by atoms with Crippen LogP contribution in [0.1, 0.15) is 23.5 Å². The number of aromatic nitrogens is 1. The molecule has 1 amide bonds. The van der Waals surface area contributed by atoms with Gasteiger partial charge in [0.2, 0.25) is 5.91 Å². The van der Waals surface area contributed by atoms with Gasteiger partial charge in [-0.2, -0.15) is 13.2 Å². The number of amides is 1. The maximum absolute atomic E-state index is 12.6. The summed E-state index contributed by atoms with van der Waals surface area (Å²) in [5.74, 6) is 0.693. The minimum Gasteiger partial charge on any atom is -0.352 e. The van der Waals surface area contributed by atoms with Gasteiger partial charge in [0.1, 0.15) is 5.01 Å². The standard InChI is InChI=1S/C16H23F3N6OS.HI/c1-20-15(21-8-14-23-12(10-27-14)16(17,18)19)25-6-4-24(5-7-25)9-13(26)22-11-2-3-11;/h10-11H,2-9H2,1H3,(H,20,21)(H,22,26);1H. The maximum Gasteiger partial charge on any atom is 0.434 e. The zero-order valence-electron chi connectivity index (χ0n) is 15.5. The van der Waals surface area contributed by atoms with Crippen molar-refractivity contribution in [2.24, 2.45) is 4.99 Å². The molecule has 1 aliphatic carbocycles. The van der Waals surface area contributed by atoms with E-state index in [1.165, 1.54) is 0 Å². The van der Waals surface area contributed by atoms with Gasteiger partial charge in [0, 0.05) is 44.6 Å². The highest BCUT2D eigenvalue weighted by Gasteiger charge is 2.33. The van der Waals surface area contributed by atoms with Crippen molar-refractivity contribution in [1.29, 1.82) is 0 Å². The Bertz CT molecular complexity index is 686. The van der Waals surface area contributed by atoms with E-state index in [9.17, 15) is 18.0 Å². The number of alkyl halides is 3. The summed E-state index contributed by atoms with van der Waals surface area (Å²) in [4.78, 5) is 23.8. The molecule has 0 unspecified atom stereocenters. The van der Waals surface area contributed by atoms with E-state index in [1.54, 1.807) is 7.05 Å². The van der Waals surface area contributed by atoms with Gasteiger partial charge in [-0.1, -0.05) is 0 Å². The molecule has 0 spiro atoms. The molecule has 2 aliphatic rings. The predicted molar refractivity (Wildman–Crippen MR) is 112 cm³/mol. The number of aliphatic imine (C=N–C) groups is 1. The molecule has 1 aromatic heterocycles. The highest BCUT2D eigenvalue weighted by atomic mass is 127. The highest BCUT2D eigenvalue weighted by molar-refractivity contribution is 14.0. The van der Waals surface area contributed by atoms with Crippen LogP contribution in [0.3, 0.4) is 0 Å². The lowest BCUT2D eigenvalue weighted by atomic mass is 10.3. The molecule has 1 saturated heterocycles. The van der Waals surface area contributed by atoms with Crippen LogP contribution < -0.4 is 10.6 Å². The Morgan fingerprint density at radius 3 is 2.54 bits per heavy atom. The third-order valence-electron chi connectivity index (χ3n) is 4.43. The van der Waals surface area contributed by atoms with Gasteiger partial charge in [-0.25, -0.2) is 4.98 Å². The Balaban J connectivity index is 0.00000280. The van der Waals surface area contributed by atoms with Crippen LogP contribution in [-0.2, 0) is 17.5 Å². The van der Waals surface area contributed by atoms with Crippen LogP contribution in [0.5, 0.6) is 0 Å². The number of nitrogens with zero attached hydrogens (tertiary/aromatic N) is 4. The Morgan fingerprint density at radius 2 is 2.00 bits per heavy atom. The number of piperazine rings is 1. The number of carbonyl (C=O) groups excluding carboxylic acids is 1. The van der Waals surface area contributed by atoms with Crippen molar-refractivity contribution in [3.8, 4) is 0 Å². The number of carbonyl (C=O) groups is 1. The summed E-state index contributed by atoms with van der Waals surface area (Å²) in [7, 11) is 1.64. The van der Waals surface area contributed by atoms with Gasteiger partial charge in [-0.15, -0.1) is 35.3 Å². The number of rotatable bonds is 5. The van der Waals surface area contributed by atoms with Crippen LogP contribution in [0.4, 0.5) is 13.2 Å². The molecule has 28 heavy (non-hydrogen) atoms. The van der Waals surface area contributed by atoms with E-state index < -0.39 is 11.9 Å². The summed E-state index contributed by atoms with van der Waals surface area (Å²) in [5.41, 5.74) is -0.864. The molecular formula is C16H24F3IN6OS. The van der Waals surface area contributed by atoms with Gasteiger partial charge in [-0.3, -0.25) is 14.7 Å². The number of thiazole rings is 1. The van der Waals surface area contributed by atoms with E-state index in [4.69, 9.17) is 0 Å². The van der Waals surface area contributed by atoms with Crippen molar-refractivity contribution < 1.29 is 18.0 Å². The van der Waals surface area contributed by atoms with Gasteiger partial charge < -0.3 is 15.5 Å². The molecule has 3 rings (SSSR count).